The summed E-state index contributed by atoms with van der Waals surface area (Å²) in [6, 6.07) is 27.7. The molecular weight excluding hydrogens is 369 g/mol. The lowest BCUT2D eigenvalue weighted by Gasteiger charge is -2.38. The standard InChI is InChI=1S/C28H30FN/c29-27-14-8-22(9-15-27)20-21-6-10-23(11-7-21)24-16-18-30(19-17-24)28(26-12-13-26)25-4-2-1-3-5-25/h1-11,14-15,24,26,28H,12-13,16-20H2. The maximum Gasteiger partial charge on any atom is 0.123 e. The van der Waals surface area contributed by atoms with Gasteiger partial charge in [-0.2, -0.15) is 0 Å². The Kier molecular flexibility index (Phi) is 5.68. The number of nitrogens with zero attached hydrogens (tertiary/aromatic N) is 1. The van der Waals surface area contributed by atoms with E-state index in [1.165, 1.54) is 55.5 Å². The van der Waals surface area contributed by atoms with E-state index >= 15 is 0 Å². The molecule has 0 aromatic heterocycles. The fourth-order valence-corrected chi connectivity index (χ4v) is 5.10. The molecule has 1 aliphatic heterocycles. The highest BCUT2D eigenvalue weighted by molar-refractivity contribution is 5.31. The first kappa shape index (κ1) is 19.5. The van der Waals surface area contributed by atoms with Crippen molar-refractivity contribution in [2.24, 2.45) is 5.92 Å². The molecule has 2 fully saturated rings. The first-order valence-corrected chi connectivity index (χ1v) is 11.4. The lowest BCUT2D eigenvalue weighted by atomic mass is 9.87. The van der Waals surface area contributed by atoms with Gasteiger partial charge in [0.15, 0.2) is 0 Å². The number of hydrogen-bond donors (Lipinski definition) is 0. The fraction of sp³-hybridized carbons (Fsp3) is 0.357. The first-order valence-electron chi connectivity index (χ1n) is 11.4. The molecule has 0 spiro atoms. The first-order chi connectivity index (χ1) is 14.8. The fourth-order valence-electron chi connectivity index (χ4n) is 5.10. The summed E-state index contributed by atoms with van der Waals surface area (Å²) < 4.78 is 13.1. The molecule has 1 atom stereocenters. The molecule has 0 N–H and O–H groups in total. The highest BCUT2D eigenvalue weighted by Crippen LogP contribution is 2.46. The van der Waals surface area contributed by atoms with Crippen molar-refractivity contribution in [2.75, 3.05) is 13.1 Å². The van der Waals surface area contributed by atoms with E-state index in [1.807, 2.05) is 12.1 Å². The van der Waals surface area contributed by atoms with Crippen LogP contribution >= 0.6 is 0 Å². The Morgan fingerprint density at radius 1 is 0.733 bits per heavy atom. The average Bonchev–Trinajstić information content (AvgIpc) is 3.63. The molecule has 1 nitrogen and oxygen atoms in total. The van der Waals surface area contributed by atoms with Crippen LogP contribution in [0.4, 0.5) is 4.39 Å². The summed E-state index contributed by atoms with van der Waals surface area (Å²) in [5.41, 5.74) is 5.42. The number of benzene rings is 3. The van der Waals surface area contributed by atoms with Crippen molar-refractivity contribution in [1.82, 2.24) is 4.90 Å². The zero-order valence-corrected chi connectivity index (χ0v) is 17.5. The van der Waals surface area contributed by atoms with Gasteiger partial charge in [0.25, 0.3) is 0 Å². The molecule has 0 bridgehead atoms. The molecule has 1 heterocycles. The van der Waals surface area contributed by atoms with E-state index in [0.29, 0.717) is 12.0 Å². The zero-order valence-electron chi connectivity index (χ0n) is 17.5. The number of piperidine rings is 1. The van der Waals surface area contributed by atoms with E-state index in [0.717, 1.165) is 17.9 Å². The molecule has 1 aliphatic carbocycles. The molecular formula is C28H30FN. The molecule has 3 aromatic rings. The summed E-state index contributed by atoms with van der Waals surface area (Å²) >= 11 is 0. The van der Waals surface area contributed by atoms with Crippen LogP contribution in [0, 0.1) is 11.7 Å². The molecule has 2 heteroatoms. The van der Waals surface area contributed by atoms with Crippen LogP contribution in [-0.4, -0.2) is 18.0 Å². The Bertz CT molecular complexity index is 936. The molecule has 30 heavy (non-hydrogen) atoms. The smallest absolute Gasteiger partial charge is 0.123 e. The van der Waals surface area contributed by atoms with Crippen molar-refractivity contribution in [2.45, 2.75) is 44.1 Å². The van der Waals surface area contributed by atoms with Gasteiger partial charge in [0, 0.05) is 6.04 Å². The second kappa shape index (κ2) is 8.73. The van der Waals surface area contributed by atoms with E-state index in [-0.39, 0.29) is 5.82 Å². The lowest BCUT2D eigenvalue weighted by molar-refractivity contribution is 0.136. The van der Waals surface area contributed by atoms with E-state index in [4.69, 9.17) is 0 Å². The van der Waals surface area contributed by atoms with Crippen LogP contribution in [0.25, 0.3) is 0 Å². The molecule has 1 unspecified atom stereocenters. The minimum absolute atomic E-state index is 0.170. The van der Waals surface area contributed by atoms with Crippen molar-refractivity contribution < 1.29 is 4.39 Å². The van der Waals surface area contributed by atoms with Gasteiger partial charge in [-0.1, -0.05) is 66.7 Å². The Morgan fingerprint density at radius 2 is 1.33 bits per heavy atom. The monoisotopic (exact) mass is 399 g/mol. The van der Waals surface area contributed by atoms with Crippen molar-refractivity contribution >= 4 is 0 Å². The summed E-state index contributed by atoms with van der Waals surface area (Å²) in [6.45, 7) is 2.39. The summed E-state index contributed by atoms with van der Waals surface area (Å²) in [6.07, 6.45) is 6.11. The van der Waals surface area contributed by atoms with Crippen molar-refractivity contribution in [3.05, 3.63) is 107 Å². The third-order valence-electron chi connectivity index (χ3n) is 6.91. The van der Waals surface area contributed by atoms with Gasteiger partial charge in [0.1, 0.15) is 5.82 Å². The van der Waals surface area contributed by atoms with Crippen molar-refractivity contribution in [3.8, 4) is 0 Å². The van der Waals surface area contributed by atoms with Crippen molar-refractivity contribution in [3.63, 3.8) is 0 Å². The summed E-state index contributed by atoms with van der Waals surface area (Å²) in [7, 11) is 0. The molecule has 5 rings (SSSR count). The Balaban J connectivity index is 1.20. The van der Waals surface area contributed by atoms with Crippen molar-refractivity contribution in [1.29, 1.82) is 0 Å². The number of rotatable bonds is 6. The zero-order chi connectivity index (χ0) is 20.3. The molecule has 2 aliphatic rings. The predicted octanol–water partition coefficient (Wildman–Crippen LogP) is 6.75. The summed E-state index contributed by atoms with van der Waals surface area (Å²) in [5.74, 6) is 1.35. The normalized spacial score (nSPS) is 19.0. The number of likely N-dealkylation sites (tertiary alicyclic amines) is 1. The van der Waals surface area contributed by atoms with Gasteiger partial charge >= 0.3 is 0 Å². The highest BCUT2D eigenvalue weighted by atomic mass is 19.1. The van der Waals surface area contributed by atoms with Gasteiger partial charge in [0.2, 0.25) is 0 Å². The van der Waals surface area contributed by atoms with Gasteiger partial charge in [-0.15, -0.1) is 0 Å². The Morgan fingerprint density at radius 3 is 1.93 bits per heavy atom. The number of halogens is 1. The Labute approximate surface area is 179 Å². The second-order valence-electron chi connectivity index (χ2n) is 9.05. The van der Waals surface area contributed by atoms with Crippen LogP contribution in [0.2, 0.25) is 0 Å². The summed E-state index contributed by atoms with van der Waals surface area (Å²) in [5, 5.41) is 0. The SMILES string of the molecule is Fc1ccc(Cc2ccc(C3CCN(C(c4ccccc4)C4CC4)CC3)cc2)cc1. The Hall–Kier alpha value is -2.45. The van der Waals surface area contributed by atoms with Gasteiger partial charge < -0.3 is 0 Å². The molecule has 1 saturated heterocycles. The van der Waals surface area contributed by atoms with Crippen LogP contribution in [0.5, 0.6) is 0 Å². The van der Waals surface area contributed by atoms with E-state index in [9.17, 15) is 4.39 Å². The van der Waals surface area contributed by atoms with Gasteiger partial charge in [0.05, 0.1) is 0 Å². The van der Waals surface area contributed by atoms with Gasteiger partial charge in [-0.3, -0.25) is 4.90 Å². The minimum atomic E-state index is -0.170. The maximum absolute atomic E-state index is 13.1. The van der Waals surface area contributed by atoms with Crippen LogP contribution < -0.4 is 0 Å². The topological polar surface area (TPSA) is 3.24 Å². The molecule has 3 aromatic carbocycles. The van der Waals surface area contributed by atoms with Crippen LogP contribution in [0.3, 0.4) is 0 Å². The van der Waals surface area contributed by atoms with Crippen LogP contribution in [0.15, 0.2) is 78.9 Å². The predicted molar refractivity (Wildman–Crippen MR) is 121 cm³/mol. The highest BCUT2D eigenvalue weighted by Gasteiger charge is 2.37. The third kappa shape index (κ3) is 4.49. The van der Waals surface area contributed by atoms with Crippen LogP contribution in [0.1, 0.15) is 59.9 Å². The van der Waals surface area contributed by atoms with Crippen LogP contribution in [-0.2, 0) is 6.42 Å². The average molecular weight is 400 g/mol. The third-order valence-corrected chi connectivity index (χ3v) is 6.91. The largest absolute Gasteiger partial charge is 0.296 e. The maximum atomic E-state index is 13.1. The van der Waals surface area contributed by atoms with Gasteiger partial charge in [-0.05, 0) is 91.4 Å². The second-order valence-corrected chi connectivity index (χ2v) is 9.05. The minimum Gasteiger partial charge on any atom is -0.296 e. The molecule has 0 amide bonds. The molecule has 0 radical (unpaired) electrons. The molecule has 154 valence electrons. The lowest BCUT2D eigenvalue weighted by Crippen LogP contribution is -2.37. The number of hydrogen-bond acceptors (Lipinski definition) is 1. The van der Waals surface area contributed by atoms with E-state index in [1.54, 1.807) is 12.1 Å². The van der Waals surface area contributed by atoms with E-state index in [2.05, 4.69) is 59.5 Å². The summed E-state index contributed by atoms with van der Waals surface area (Å²) in [4.78, 5) is 2.74. The quantitative estimate of drug-likeness (QED) is 0.443. The van der Waals surface area contributed by atoms with E-state index < -0.39 is 0 Å². The van der Waals surface area contributed by atoms with Gasteiger partial charge in [-0.25, -0.2) is 4.39 Å². The molecule has 1 saturated carbocycles.